The molecular weight excluding hydrogens is 220 g/mol. The van der Waals surface area contributed by atoms with Crippen molar-refractivity contribution in [3.8, 4) is 0 Å². The van der Waals surface area contributed by atoms with Gasteiger partial charge >= 0.3 is 5.97 Å². The number of rotatable bonds is 8. The quantitative estimate of drug-likeness (QED) is 0.506. The Bertz CT molecular complexity index is 242. The third kappa shape index (κ3) is 6.94. The summed E-state index contributed by atoms with van der Waals surface area (Å²) in [7, 11) is 0. The first-order valence-electron chi connectivity index (χ1n) is 6.18. The number of nitrogens with one attached hydrogen (secondary N) is 1. The van der Waals surface area contributed by atoms with Crippen molar-refractivity contribution in [3.63, 3.8) is 0 Å². The van der Waals surface area contributed by atoms with Gasteiger partial charge in [-0.25, -0.2) is 0 Å². The van der Waals surface area contributed by atoms with E-state index in [1.807, 2.05) is 20.8 Å². The summed E-state index contributed by atoms with van der Waals surface area (Å²) in [6.45, 7) is 9.39. The van der Waals surface area contributed by atoms with Gasteiger partial charge in [-0.05, 0) is 27.3 Å². The second kappa shape index (κ2) is 8.98. The van der Waals surface area contributed by atoms with Crippen LogP contribution in [0.4, 0.5) is 0 Å². The highest BCUT2D eigenvalue weighted by Gasteiger charge is 2.19. The largest absolute Gasteiger partial charge is 0.465 e. The van der Waals surface area contributed by atoms with Gasteiger partial charge in [0.25, 0.3) is 0 Å². The van der Waals surface area contributed by atoms with Gasteiger partial charge in [0, 0.05) is 19.0 Å². The van der Waals surface area contributed by atoms with E-state index in [0.29, 0.717) is 19.6 Å². The van der Waals surface area contributed by atoms with Crippen LogP contribution in [0, 0.1) is 0 Å². The minimum atomic E-state index is -0.349. The number of carbonyl (C=O) groups is 2. The van der Waals surface area contributed by atoms with E-state index in [1.165, 1.54) is 0 Å². The van der Waals surface area contributed by atoms with Crippen molar-refractivity contribution in [2.24, 2.45) is 0 Å². The molecule has 5 heteroatoms. The van der Waals surface area contributed by atoms with Gasteiger partial charge in [-0.3, -0.25) is 9.59 Å². The van der Waals surface area contributed by atoms with E-state index in [1.54, 1.807) is 11.8 Å². The minimum Gasteiger partial charge on any atom is -0.465 e. The van der Waals surface area contributed by atoms with Crippen LogP contribution in [0.1, 0.15) is 34.1 Å². The second-order valence-electron chi connectivity index (χ2n) is 4.02. The summed E-state index contributed by atoms with van der Waals surface area (Å²) in [5.41, 5.74) is 0. The third-order valence-electron chi connectivity index (χ3n) is 2.31. The molecule has 1 N–H and O–H groups in total. The molecule has 0 spiro atoms. The Labute approximate surface area is 103 Å². The van der Waals surface area contributed by atoms with Gasteiger partial charge < -0.3 is 15.0 Å². The number of esters is 1. The van der Waals surface area contributed by atoms with Crippen LogP contribution >= 0.6 is 0 Å². The number of carbonyl (C=O) groups excluding carboxylic acids is 2. The number of nitrogens with zero attached hydrogens (tertiary/aromatic N) is 1. The molecule has 0 aromatic rings. The Morgan fingerprint density at radius 2 is 1.94 bits per heavy atom. The standard InChI is InChI=1S/C12H24N2O3/c1-5-13-8-7-11(15)14(10(3)4)9-12(16)17-6-2/h10,13H,5-9H2,1-4H3. The molecule has 0 rings (SSSR count). The molecule has 0 aliphatic rings. The summed E-state index contributed by atoms with van der Waals surface area (Å²) < 4.78 is 4.85. The van der Waals surface area contributed by atoms with Crippen LogP contribution < -0.4 is 5.32 Å². The van der Waals surface area contributed by atoms with Gasteiger partial charge in [-0.15, -0.1) is 0 Å². The lowest BCUT2D eigenvalue weighted by molar-refractivity contribution is -0.150. The van der Waals surface area contributed by atoms with E-state index in [9.17, 15) is 9.59 Å². The van der Waals surface area contributed by atoms with E-state index in [2.05, 4.69) is 5.32 Å². The van der Waals surface area contributed by atoms with E-state index in [4.69, 9.17) is 4.74 Å². The van der Waals surface area contributed by atoms with Crippen LogP contribution in [0.25, 0.3) is 0 Å². The van der Waals surface area contributed by atoms with Crippen molar-refractivity contribution < 1.29 is 14.3 Å². The van der Waals surface area contributed by atoms with Crippen molar-refractivity contribution >= 4 is 11.9 Å². The minimum absolute atomic E-state index is 0.00790. The molecule has 0 aromatic heterocycles. The normalized spacial score (nSPS) is 10.4. The Morgan fingerprint density at radius 1 is 1.29 bits per heavy atom. The summed E-state index contributed by atoms with van der Waals surface area (Å²) >= 11 is 0. The van der Waals surface area contributed by atoms with Crippen LogP contribution in [-0.4, -0.2) is 49.1 Å². The van der Waals surface area contributed by atoms with Crippen molar-refractivity contribution in [3.05, 3.63) is 0 Å². The summed E-state index contributed by atoms with van der Waals surface area (Å²) in [5.74, 6) is -0.369. The van der Waals surface area contributed by atoms with Crippen LogP contribution in [0.3, 0.4) is 0 Å². The highest BCUT2D eigenvalue weighted by molar-refractivity contribution is 5.82. The molecule has 17 heavy (non-hydrogen) atoms. The molecule has 100 valence electrons. The lowest BCUT2D eigenvalue weighted by Crippen LogP contribution is -2.42. The number of hydrogen-bond acceptors (Lipinski definition) is 4. The molecule has 1 amide bonds. The van der Waals surface area contributed by atoms with Gasteiger partial charge in [-0.2, -0.15) is 0 Å². The maximum Gasteiger partial charge on any atom is 0.325 e. The predicted molar refractivity (Wildman–Crippen MR) is 66.6 cm³/mol. The highest BCUT2D eigenvalue weighted by Crippen LogP contribution is 2.02. The Balaban J connectivity index is 4.21. The molecular formula is C12H24N2O3. The average Bonchev–Trinajstić information content (AvgIpc) is 2.26. The molecule has 0 bridgehead atoms. The van der Waals surface area contributed by atoms with E-state index in [-0.39, 0.29) is 24.5 Å². The van der Waals surface area contributed by atoms with Crippen LogP contribution in [-0.2, 0) is 14.3 Å². The molecule has 0 atom stereocenters. The van der Waals surface area contributed by atoms with Crippen molar-refractivity contribution in [1.29, 1.82) is 0 Å². The zero-order chi connectivity index (χ0) is 13.3. The highest BCUT2D eigenvalue weighted by atomic mass is 16.5. The van der Waals surface area contributed by atoms with Crippen molar-refractivity contribution in [2.75, 3.05) is 26.2 Å². The molecule has 0 radical (unpaired) electrons. The van der Waals surface area contributed by atoms with Gasteiger partial charge in [0.05, 0.1) is 6.61 Å². The fraction of sp³-hybridized carbons (Fsp3) is 0.833. The Hall–Kier alpha value is -1.10. The lowest BCUT2D eigenvalue weighted by Gasteiger charge is -2.25. The molecule has 0 aliphatic carbocycles. The van der Waals surface area contributed by atoms with Gasteiger partial charge in [-0.1, -0.05) is 6.92 Å². The fourth-order valence-corrected chi connectivity index (χ4v) is 1.42. The van der Waals surface area contributed by atoms with Gasteiger partial charge in [0.2, 0.25) is 5.91 Å². The topological polar surface area (TPSA) is 58.6 Å². The maximum absolute atomic E-state index is 11.9. The van der Waals surface area contributed by atoms with Crippen LogP contribution in [0.5, 0.6) is 0 Å². The smallest absolute Gasteiger partial charge is 0.325 e. The molecule has 0 aliphatic heterocycles. The number of hydrogen-bond donors (Lipinski definition) is 1. The lowest BCUT2D eigenvalue weighted by atomic mass is 10.2. The summed E-state index contributed by atoms with van der Waals surface area (Å²) in [6, 6.07) is 0.00790. The predicted octanol–water partition coefficient (Wildman–Crippen LogP) is 0.786. The molecule has 0 unspecified atom stereocenters. The summed E-state index contributed by atoms with van der Waals surface area (Å²) in [5, 5.41) is 3.09. The second-order valence-corrected chi connectivity index (χ2v) is 4.02. The first-order valence-corrected chi connectivity index (χ1v) is 6.18. The molecule has 0 fully saturated rings. The van der Waals surface area contributed by atoms with E-state index in [0.717, 1.165) is 6.54 Å². The van der Waals surface area contributed by atoms with Crippen LogP contribution in [0.15, 0.2) is 0 Å². The first kappa shape index (κ1) is 15.9. The SMILES string of the molecule is CCNCCC(=O)N(CC(=O)OCC)C(C)C. The van der Waals surface area contributed by atoms with Crippen molar-refractivity contribution in [2.45, 2.75) is 40.2 Å². The molecule has 0 saturated heterocycles. The number of amides is 1. The number of ether oxygens (including phenoxy) is 1. The molecule has 0 heterocycles. The Kier molecular flexibility index (Phi) is 8.40. The molecule has 5 nitrogen and oxygen atoms in total. The molecule has 0 aromatic carbocycles. The summed E-state index contributed by atoms with van der Waals surface area (Å²) in [4.78, 5) is 24.8. The van der Waals surface area contributed by atoms with Gasteiger partial charge in [0.15, 0.2) is 0 Å². The first-order chi connectivity index (χ1) is 8.02. The summed E-state index contributed by atoms with van der Waals surface area (Å²) in [6.07, 6.45) is 0.408. The third-order valence-corrected chi connectivity index (χ3v) is 2.31. The van der Waals surface area contributed by atoms with E-state index < -0.39 is 0 Å². The average molecular weight is 244 g/mol. The zero-order valence-corrected chi connectivity index (χ0v) is 11.3. The fourth-order valence-electron chi connectivity index (χ4n) is 1.42. The Morgan fingerprint density at radius 3 is 2.41 bits per heavy atom. The monoisotopic (exact) mass is 244 g/mol. The maximum atomic E-state index is 11.9. The van der Waals surface area contributed by atoms with Crippen LogP contribution in [0.2, 0.25) is 0 Å². The van der Waals surface area contributed by atoms with E-state index >= 15 is 0 Å². The molecule has 0 saturated carbocycles. The van der Waals surface area contributed by atoms with Crippen molar-refractivity contribution in [1.82, 2.24) is 10.2 Å². The van der Waals surface area contributed by atoms with Gasteiger partial charge in [0.1, 0.15) is 6.54 Å². The zero-order valence-electron chi connectivity index (χ0n) is 11.3.